The van der Waals surface area contributed by atoms with Crippen molar-refractivity contribution in [2.24, 2.45) is 0 Å². The van der Waals surface area contributed by atoms with E-state index in [2.05, 4.69) is 0 Å². The van der Waals surface area contributed by atoms with E-state index in [1.165, 1.54) is 4.90 Å². The second kappa shape index (κ2) is 12.1. The molecule has 0 aliphatic carbocycles. The highest BCUT2D eigenvalue weighted by molar-refractivity contribution is 5.82. The van der Waals surface area contributed by atoms with E-state index in [1.54, 1.807) is 27.7 Å². The van der Waals surface area contributed by atoms with Gasteiger partial charge in [0.25, 0.3) is 0 Å². The lowest BCUT2D eigenvalue weighted by molar-refractivity contribution is -0.139. The van der Waals surface area contributed by atoms with Crippen LogP contribution in [0.25, 0.3) is 0 Å². The summed E-state index contributed by atoms with van der Waals surface area (Å²) in [6.07, 6.45) is 0.550. The number of carbonyl (C=O) groups is 2. The quantitative estimate of drug-likeness (QED) is 0.514. The molecule has 2 aromatic carbocycles. The van der Waals surface area contributed by atoms with Gasteiger partial charge >= 0.3 is 0 Å². The fourth-order valence-corrected chi connectivity index (χ4v) is 3.90. The molecule has 2 aromatic rings. The van der Waals surface area contributed by atoms with Crippen molar-refractivity contribution in [2.45, 2.75) is 51.6 Å². The number of hydrogen-bond donors (Lipinski definition) is 1. The van der Waals surface area contributed by atoms with Crippen LogP contribution in [0, 0.1) is 0 Å². The topological polar surface area (TPSA) is 64.1 Å². The molecule has 0 radical (unpaired) electrons. The first-order valence-electron chi connectivity index (χ1n) is 14.5. The third-order valence-corrected chi connectivity index (χ3v) is 5.80. The molecule has 0 saturated carbocycles. The first-order valence-corrected chi connectivity index (χ1v) is 11.5. The molecule has 0 aliphatic rings. The van der Waals surface area contributed by atoms with Gasteiger partial charge in [0.05, 0.1) is 19.7 Å². The van der Waals surface area contributed by atoms with Crippen LogP contribution in [0.3, 0.4) is 0 Å². The molecule has 0 fully saturated rings. The Morgan fingerprint density at radius 1 is 0.765 bits per heavy atom. The molecule has 0 saturated heterocycles. The van der Waals surface area contributed by atoms with Gasteiger partial charge in [0.2, 0.25) is 11.8 Å². The molecule has 6 nitrogen and oxygen atoms in total. The first kappa shape index (κ1) is 19.6. The number of nitrogens with zero attached hydrogens (tertiary/aromatic N) is 3. The molecule has 0 unspecified atom stereocenters. The van der Waals surface area contributed by atoms with Gasteiger partial charge in [-0.25, -0.2) is 0 Å². The van der Waals surface area contributed by atoms with Crippen LogP contribution in [-0.2, 0) is 22.4 Å². The molecular formula is C28H41N3O3. The number of benzene rings is 2. The summed E-state index contributed by atoms with van der Waals surface area (Å²) < 4.78 is 48.5. The molecular weight excluding hydrogens is 426 g/mol. The van der Waals surface area contributed by atoms with Gasteiger partial charge in [-0.05, 0) is 51.7 Å². The number of carbonyl (C=O) groups excluding carboxylic acids is 2. The lowest BCUT2D eigenvalue weighted by Crippen LogP contribution is -2.53. The van der Waals surface area contributed by atoms with E-state index in [4.69, 9.17) is 8.22 Å². The molecule has 0 aromatic heterocycles. The van der Waals surface area contributed by atoms with Crippen LogP contribution in [0.5, 0.6) is 0 Å². The van der Waals surface area contributed by atoms with E-state index >= 15 is 0 Å². The molecule has 0 bridgehead atoms. The summed E-state index contributed by atoms with van der Waals surface area (Å²) in [6.45, 7) is -0.416. The molecule has 1 N–H and O–H groups in total. The maximum absolute atomic E-state index is 13.5. The minimum absolute atomic E-state index is 0.126. The zero-order valence-corrected chi connectivity index (χ0v) is 20.6. The zero-order chi connectivity index (χ0) is 30.4. The Bertz CT molecular complexity index is 1020. The Kier molecular flexibility index (Phi) is 6.99. The lowest BCUT2D eigenvalue weighted by Gasteiger charge is -2.39. The smallest absolute Gasteiger partial charge is 0.236 e. The molecule has 0 heterocycles. The fraction of sp³-hybridized carbons (Fsp3) is 0.500. The van der Waals surface area contributed by atoms with Crippen molar-refractivity contribution in [3.05, 3.63) is 71.8 Å². The second-order valence-electron chi connectivity index (χ2n) is 9.84. The average molecular weight is 474 g/mol. The predicted octanol–water partition coefficient (Wildman–Crippen LogP) is 3.24. The van der Waals surface area contributed by atoms with Crippen molar-refractivity contribution in [1.29, 1.82) is 0 Å². The maximum Gasteiger partial charge on any atom is 0.236 e. The third kappa shape index (κ3) is 7.96. The van der Waals surface area contributed by atoms with E-state index in [-0.39, 0.29) is 19.4 Å². The van der Waals surface area contributed by atoms with Gasteiger partial charge < -0.3 is 14.9 Å². The van der Waals surface area contributed by atoms with E-state index in [0.29, 0.717) is 0 Å². The van der Waals surface area contributed by atoms with Crippen LogP contribution in [0.2, 0.25) is 0 Å². The van der Waals surface area contributed by atoms with E-state index in [9.17, 15) is 14.7 Å². The Morgan fingerprint density at radius 3 is 1.47 bits per heavy atom. The van der Waals surface area contributed by atoms with Gasteiger partial charge in [0.1, 0.15) is 0 Å². The van der Waals surface area contributed by atoms with Crippen molar-refractivity contribution in [2.75, 3.05) is 40.2 Å². The Balaban J connectivity index is 2.30. The van der Waals surface area contributed by atoms with Crippen LogP contribution in [0.4, 0.5) is 0 Å². The molecule has 0 aliphatic heterocycles. The summed E-state index contributed by atoms with van der Waals surface area (Å²) in [5.41, 5.74) is -0.515. The molecule has 186 valence electrons. The number of amides is 2. The monoisotopic (exact) mass is 473 g/mol. The lowest BCUT2D eigenvalue weighted by atomic mass is 9.93. The van der Waals surface area contributed by atoms with Crippen LogP contribution in [0.15, 0.2) is 60.7 Å². The van der Waals surface area contributed by atoms with Gasteiger partial charge in [-0.15, -0.1) is 0 Å². The standard InChI is InChI=1S/C28H41N3O3/c1-27(2,19-23-13-9-7-10-14-23)29(5)25(33)21-31(17-18-32)22-26(34)30(6)28(3,4)20-24-15-11-8-12-16-24/h7-16,32H,17-22H2,1-6H3/i5D3,6D3. The first-order chi connectivity index (χ1) is 18.4. The summed E-state index contributed by atoms with van der Waals surface area (Å²) in [6, 6.07) is 18.4. The van der Waals surface area contributed by atoms with Gasteiger partial charge in [-0.1, -0.05) is 60.7 Å². The van der Waals surface area contributed by atoms with Gasteiger partial charge in [0, 0.05) is 39.8 Å². The van der Waals surface area contributed by atoms with Crippen molar-refractivity contribution >= 4 is 11.8 Å². The highest BCUT2D eigenvalue weighted by atomic mass is 16.3. The summed E-state index contributed by atoms with van der Waals surface area (Å²) in [5, 5.41) is 9.66. The Morgan fingerprint density at radius 2 is 1.15 bits per heavy atom. The summed E-state index contributed by atoms with van der Waals surface area (Å²) in [5.74, 6) is -1.52. The predicted molar refractivity (Wildman–Crippen MR) is 138 cm³/mol. The summed E-state index contributed by atoms with van der Waals surface area (Å²) in [4.78, 5) is 30.0. The van der Waals surface area contributed by atoms with Crippen molar-refractivity contribution < 1.29 is 22.9 Å². The number of aliphatic hydroxyl groups is 1. The van der Waals surface area contributed by atoms with Gasteiger partial charge in [-0.2, -0.15) is 0 Å². The molecule has 2 amide bonds. The summed E-state index contributed by atoms with van der Waals surface area (Å²) in [7, 11) is 0. The Hall–Kier alpha value is -2.70. The SMILES string of the molecule is [2H]C([2H])([2H])N(C(=O)CN(CCO)CC(=O)N(C([2H])([2H])[2H])C(C)(C)Cc1ccccc1)C(C)(C)Cc1ccccc1. The fourth-order valence-electron chi connectivity index (χ4n) is 3.90. The van der Waals surface area contributed by atoms with Gasteiger partial charge in [-0.3, -0.25) is 14.5 Å². The summed E-state index contributed by atoms with van der Waals surface area (Å²) >= 11 is 0. The number of likely N-dealkylation sites (N-methyl/N-ethyl adjacent to an activating group) is 2. The number of rotatable bonds is 12. The minimum Gasteiger partial charge on any atom is -0.395 e. The number of hydrogen-bond acceptors (Lipinski definition) is 4. The van der Waals surface area contributed by atoms with Crippen molar-refractivity contribution in [1.82, 2.24) is 14.7 Å². The van der Waals surface area contributed by atoms with Crippen LogP contribution in [-0.4, -0.2) is 82.9 Å². The highest BCUT2D eigenvalue weighted by Gasteiger charge is 2.31. The maximum atomic E-state index is 13.5. The van der Waals surface area contributed by atoms with Gasteiger partial charge in [0.15, 0.2) is 0 Å². The van der Waals surface area contributed by atoms with Crippen LogP contribution in [0.1, 0.15) is 47.0 Å². The van der Waals surface area contributed by atoms with Crippen LogP contribution >= 0.6 is 0 Å². The van der Waals surface area contributed by atoms with Crippen molar-refractivity contribution in [3.8, 4) is 0 Å². The minimum atomic E-state index is -2.77. The molecule has 0 spiro atoms. The third-order valence-electron chi connectivity index (χ3n) is 5.80. The van der Waals surface area contributed by atoms with E-state index < -0.39 is 56.5 Å². The molecule has 6 heteroatoms. The molecule has 0 atom stereocenters. The Labute approximate surface area is 213 Å². The van der Waals surface area contributed by atoms with E-state index in [1.807, 2.05) is 60.7 Å². The van der Waals surface area contributed by atoms with Crippen LogP contribution < -0.4 is 0 Å². The largest absolute Gasteiger partial charge is 0.395 e. The van der Waals surface area contributed by atoms with Crippen molar-refractivity contribution in [3.63, 3.8) is 0 Å². The molecule has 2 rings (SSSR count). The van der Waals surface area contributed by atoms with E-state index in [0.717, 1.165) is 20.9 Å². The number of aliphatic hydroxyl groups excluding tert-OH is 1. The molecule has 34 heavy (non-hydrogen) atoms. The second-order valence-corrected chi connectivity index (χ2v) is 9.84. The normalized spacial score (nSPS) is 15.4. The highest BCUT2D eigenvalue weighted by Crippen LogP contribution is 2.21. The average Bonchev–Trinajstić information content (AvgIpc) is 2.77. The zero-order valence-electron chi connectivity index (χ0n) is 26.6.